The Kier molecular flexibility index (Phi) is 5.79. The van der Waals surface area contributed by atoms with Gasteiger partial charge in [0.2, 0.25) is 0 Å². The molecule has 0 bridgehead atoms. The van der Waals surface area contributed by atoms with Crippen molar-refractivity contribution in [3.63, 3.8) is 0 Å². The summed E-state index contributed by atoms with van der Waals surface area (Å²) in [5, 5.41) is 8.44. The number of sulfonamides is 1. The van der Waals surface area contributed by atoms with Crippen LogP contribution in [0.15, 0.2) is 64.6 Å². The van der Waals surface area contributed by atoms with Crippen molar-refractivity contribution in [1.29, 1.82) is 0 Å². The highest BCUT2D eigenvalue weighted by Gasteiger charge is 2.14. The lowest BCUT2D eigenvalue weighted by molar-refractivity contribution is 0.340. The third-order valence-corrected chi connectivity index (χ3v) is 5.40. The first-order valence-corrected chi connectivity index (χ1v) is 10.3. The van der Waals surface area contributed by atoms with Crippen LogP contribution in [0, 0.1) is 13.8 Å². The molecule has 0 unspecified atom stereocenters. The van der Waals surface area contributed by atoms with E-state index in [4.69, 9.17) is 4.74 Å². The van der Waals surface area contributed by atoms with Gasteiger partial charge in [0.05, 0.1) is 34.8 Å². The molecule has 0 atom stereocenters. The fourth-order valence-electron chi connectivity index (χ4n) is 2.76. The first-order valence-electron chi connectivity index (χ1n) is 8.81. The summed E-state index contributed by atoms with van der Waals surface area (Å²) < 4.78 is 31.9. The minimum atomic E-state index is -3.76. The van der Waals surface area contributed by atoms with Gasteiger partial charge in [-0.25, -0.2) is 9.51 Å². The minimum Gasteiger partial charge on any atom is -0.494 e. The first-order chi connectivity index (χ1) is 13.4. The molecule has 1 N–H and O–H groups in total. The van der Waals surface area contributed by atoms with Crippen molar-refractivity contribution in [3.8, 4) is 11.4 Å². The van der Waals surface area contributed by atoms with Gasteiger partial charge in [0.25, 0.3) is 10.0 Å². The Morgan fingerprint density at radius 2 is 1.79 bits per heavy atom. The molecule has 0 saturated heterocycles. The minimum absolute atomic E-state index is 0.113. The van der Waals surface area contributed by atoms with E-state index in [1.807, 2.05) is 51.1 Å². The van der Waals surface area contributed by atoms with E-state index in [1.165, 1.54) is 18.3 Å². The van der Waals surface area contributed by atoms with E-state index >= 15 is 0 Å². The Morgan fingerprint density at radius 1 is 1.11 bits per heavy atom. The summed E-state index contributed by atoms with van der Waals surface area (Å²) in [6.07, 6.45) is 1.48. The van der Waals surface area contributed by atoms with Crippen LogP contribution in [0.1, 0.15) is 23.9 Å². The highest BCUT2D eigenvalue weighted by atomic mass is 32.2. The second kappa shape index (κ2) is 8.26. The SMILES string of the molecule is CCOc1ccc(S(=O)(=O)NN=Cc2c(C)nn(-c3ccccc3)c2C)cc1. The molecule has 7 nitrogen and oxygen atoms in total. The van der Waals surface area contributed by atoms with E-state index in [0.29, 0.717) is 12.4 Å². The second-order valence-corrected chi connectivity index (χ2v) is 7.75. The molecule has 0 aliphatic rings. The zero-order valence-corrected chi connectivity index (χ0v) is 16.8. The monoisotopic (exact) mass is 398 g/mol. The van der Waals surface area contributed by atoms with E-state index in [9.17, 15) is 8.42 Å². The topological polar surface area (TPSA) is 85.6 Å². The number of rotatable bonds is 7. The van der Waals surface area contributed by atoms with E-state index in [0.717, 1.165) is 22.6 Å². The largest absolute Gasteiger partial charge is 0.494 e. The molecule has 0 aliphatic carbocycles. The van der Waals surface area contributed by atoms with E-state index < -0.39 is 10.0 Å². The van der Waals surface area contributed by atoms with Crippen LogP contribution in [-0.4, -0.2) is 31.0 Å². The smallest absolute Gasteiger partial charge is 0.276 e. The predicted octanol–water partition coefficient (Wildman–Crippen LogP) is 3.20. The molecule has 0 radical (unpaired) electrons. The molecule has 3 rings (SSSR count). The van der Waals surface area contributed by atoms with E-state index in [2.05, 4.69) is 15.0 Å². The van der Waals surface area contributed by atoms with Crippen molar-refractivity contribution in [2.45, 2.75) is 25.7 Å². The third kappa shape index (κ3) is 4.23. The van der Waals surface area contributed by atoms with Gasteiger partial charge in [-0.2, -0.15) is 18.6 Å². The molecule has 0 fully saturated rings. The number of aryl methyl sites for hydroxylation is 1. The van der Waals surface area contributed by atoms with Crippen molar-refractivity contribution in [2.24, 2.45) is 5.10 Å². The maximum atomic E-state index is 12.4. The Hall–Kier alpha value is -3.13. The summed E-state index contributed by atoms with van der Waals surface area (Å²) in [7, 11) is -3.76. The molecule has 146 valence electrons. The molecule has 0 aliphatic heterocycles. The molecular weight excluding hydrogens is 376 g/mol. The van der Waals surface area contributed by atoms with Gasteiger partial charge < -0.3 is 4.74 Å². The Bertz CT molecular complexity index is 1070. The van der Waals surface area contributed by atoms with Crippen LogP contribution >= 0.6 is 0 Å². The number of benzene rings is 2. The number of hydrazone groups is 1. The van der Waals surface area contributed by atoms with Crippen LogP contribution in [0.4, 0.5) is 0 Å². The number of aromatic nitrogens is 2. The van der Waals surface area contributed by atoms with Crippen molar-refractivity contribution in [1.82, 2.24) is 14.6 Å². The second-order valence-electron chi connectivity index (χ2n) is 6.09. The lowest BCUT2D eigenvalue weighted by Crippen LogP contribution is -2.18. The molecule has 3 aromatic rings. The van der Waals surface area contributed by atoms with Gasteiger partial charge in [0, 0.05) is 5.56 Å². The molecule has 1 heterocycles. The van der Waals surface area contributed by atoms with Crippen LogP contribution in [0.3, 0.4) is 0 Å². The van der Waals surface area contributed by atoms with Crippen LogP contribution in [0.25, 0.3) is 5.69 Å². The average Bonchev–Trinajstić information content (AvgIpc) is 2.97. The lowest BCUT2D eigenvalue weighted by Gasteiger charge is -2.06. The highest BCUT2D eigenvalue weighted by molar-refractivity contribution is 7.89. The molecular formula is C20H22N4O3S. The summed E-state index contributed by atoms with van der Waals surface area (Å²) in [4.78, 5) is 2.36. The van der Waals surface area contributed by atoms with Crippen molar-refractivity contribution in [2.75, 3.05) is 6.61 Å². The highest BCUT2D eigenvalue weighted by Crippen LogP contribution is 2.17. The molecule has 28 heavy (non-hydrogen) atoms. The number of hydrogen-bond acceptors (Lipinski definition) is 5. The van der Waals surface area contributed by atoms with E-state index in [1.54, 1.807) is 16.8 Å². The molecule has 0 amide bonds. The Balaban J connectivity index is 1.78. The van der Waals surface area contributed by atoms with Gasteiger partial charge in [-0.15, -0.1) is 0 Å². The third-order valence-electron chi connectivity index (χ3n) is 4.16. The number of nitrogens with zero attached hydrogens (tertiary/aromatic N) is 3. The standard InChI is InChI=1S/C20H22N4O3S/c1-4-27-18-10-12-19(13-11-18)28(25,26)23-21-14-20-15(2)22-24(16(20)3)17-8-6-5-7-9-17/h5-14,23H,4H2,1-3H3. The summed E-state index contributed by atoms with van der Waals surface area (Å²) in [5.74, 6) is 0.615. The lowest BCUT2D eigenvalue weighted by atomic mass is 10.2. The van der Waals surface area contributed by atoms with Crippen LogP contribution in [-0.2, 0) is 10.0 Å². The average molecular weight is 398 g/mol. The van der Waals surface area contributed by atoms with Crippen LogP contribution in [0.2, 0.25) is 0 Å². The van der Waals surface area contributed by atoms with Crippen molar-refractivity contribution in [3.05, 3.63) is 71.5 Å². The maximum Gasteiger partial charge on any atom is 0.276 e. The van der Waals surface area contributed by atoms with Crippen LogP contribution < -0.4 is 9.57 Å². The summed E-state index contributed by atoms with van der Waals surface area (Å²) in [6.45, 7) is 6.15. The maximum absolute atomic E-state index is 12.4. The zero-order chi connectivity index (χ0) is 20.1. The van der Waals surface area contributed by atoms with Gasteiger partial charge >= 0.3 is 0 Å². The van der Waals surface area contributed by atoms with Crippen molar-refractivity contribution >= 4 is 16.2 Å². The van der Waals surface area contributed by atoms with Gasteiger partial charge in [-0.1, -0.05) is 18.2 Å². The fourth-order valence-corrected chi connectivity index (χ4v) is 3.55. The Morgan fingerprint density at radius 3 is 2.43 bits per heavy atom. The summed E-state index contributed by atoms with van der Waals surface area (Å²) in [6, 6.07) is 15.9. The quantitative estimate of drug-likeness (QED) is 0.489. The van der Waals surface area contributed by atoms with Gasteiger partial charge in [-0.3, -0.25) is 0 Å². The van der Waals surface area contributed by atoms with E-state index in [-0.39, 0.29) is 4.90 Å². The molecule has 8 heteroatoms. The van der Waals surface area contributed by atoms with Crippen LogP contribution in [0.5, 0.6) is 5.75 Å². The number of ether oxygens (including phenoxy) is 1. The van der Waals surface area contributed by atoms with Crippen molar-refractivity contribution < 1.29 is 13.2 Å². The zero-order valence-electron chi connectivity index (χ0n) is 16.0. The molecule has 1 aromatic heterocycles. The molecule has 2 aromatic carbocycles. The summed E-state index contributed by atoms with van der Waals surface area (Å²) in [5.41, 5.74) is 3.31. The summed E-state index contributed by atoms with van der Waals surface area (Å²) >= 11 is 0. The Labute approximate surface area is 164 Å². The first kappa shape index (κ1) is 19.6. The predicted molar refractivity (Wildman–Crippen MR) is 109 cm³/mol. The number of nitrogens with one attached hydrogen (secondary N) is 1. The van der Waals surface area contributed by atoms with Gasteiger partial charge in [0.1, 0.15) is 5.75 Å². The normalized spacial score (nSPS) is 11.7. The molecule has 0 saturated carbocycles. The number of hydrogen-bond donors (Lipinski definition) is 1. The number of para-hydroxylation sites is 1. The fraction of sp³-hybridized carbons (Fsp3) is 0.200. The van der Waals surface area contributed by atoms with Gasteiger partial charge in [-0.05, 0) is 57.2 Å². The molecule has 0 spiro atoms. The van der Waals surface area contributed by atoms with Gasteiger partial charge in [0.15, 0.2) is 0 Å².